The number of aliphatic hydroxyl groups is 1. The molecule has 0 radical (unpaired) electrons. The number of carbonyl (C=O) groups excluding carboxylic acids is 1. The number of aliphatic hydroxyl groups excluding tert-OH is 1. The molecule has 1 aliphatic carbocycles. The van der Waals surface area contributed by atoms with Crippen molar-refractivity contribution in [2.75, 3.05) is 13.1 Å². The monoisotopic (exact) mass is 356 g/mol. The van der Waals surface area contributed by atoms with Crippen LogP contribution in [-0.2, 0) is 19.4 Å². The number of likely N-dealkylation sites (tertiary alicyclic amines) is 1. The summed E-state index contributed by atoms with van der Waals surface area (Å²) in [5.41, 5.74) is 2.83. The van der Waals surface area contributed by atoms with E-state index in [-0.39, 0.29) is 11.9 Å². The van der Waals surface area contributed by atoms with Crippen molar-refractivity contribution in [3.8, 4) is 0 Å². The number of aromatic nitrogens is 2. The maximum absolute atomic E-state index is 12.6. The number of carbonyl (C=O) groups is 1. The molecular formula is C19H24N4O3. The maximum atomic E-state index is 12.6. The highest BCUT2D eigenvalue weighted by molar-refractivity contribution is 5.93. The van der Waals surface area contributed by atoms with Gasteiger partial charge in [0.2, 0.25) is 5.76 Å². The number of fused-ring (bicyclic) bond motifs is 1. The van der Waals surface area contributed by atoms with Crippen LogP contribution in [0.4, 0.5) is 0 Å². The number of hydrogen-bond donors (Lipinski definition) is 2. The van der Waals surface area contributed by atoms with E-state index in [2.05, 4.69) is 20.4 Å². The van der Waals surface area contributed by atoms with E-state index in [4.69, 9.17) is 4.52 Å². The van der Waals surface area contributed by atoms with Crippen LogP contribution in [0.2, 0.25) is 0 Å². The quantitative estimate of drug-likeness (QED) is 0.858. The highest BCUT2D eigenvalue weighted by atomic mass is 16.5. The number of nitrogens with one attached hydrogen (secondary N) is 1. The Hall–Kier alpha value is -2.25. The third-order valence-electron chi connectivity index (χ3n) is 5.26. The lowest BCUT2D eigenvalue weighted by Gasteiger charge is -2.35. The van der Waals surface area contributed by atoms with Gasteiger partial charge >= 0.3 is 0 Å². The predicted octanol–water partition coefficient (Wildman–Crippen LogP) is 1.31. The number of amides is 1. The average Bonchev–Trinajstić information content (AvgIpc) is 3.09. The first-order valence-electron chi connectivity index (χ1n) is 9.29. The molecule has 1 fully saturated rings. The van der Waals surface area contributed by atoms with Gasteiger partial charge in [-0.1, -0.05) is 11.2 Å². The molecule has 2 unspecified atom stereocenters. The van der Waals surface area contributed by atoms with E-state index in [1.807, 2.05) is 18.2 Å². The molecule has 2 aromatic rings. The molecule has 1 aliphatic heterocycles. The summed E-state index contributed by atoms with van der Waals surface area (Å²) < 4.78 is 5.29. The van der Waals surface area contributed by atoms with E-state index in [9.17, 15) is 9.90 Å². The average molecular weight is 356 g/mol. The molecule has 0 spiro atoms. The van der Waals surface area contributed by atoms with Gasteiger partial charge in [0.25, 0.3) is 5.91 Å². The fourth-order valence-electron chi connectivity index (χ4n) is 3.83. The molecule has 7 heteroatoms. The number of piperidine rings is 1. The highest BCUT2D eigenvalue weighted by Gasteiger charge is 2.31. The van der Waals surface area contributed by atoms with Gasteiger partial charge in [-0.15, -0.1) is 0 Å². The molecule has 2 atom stereocenters. The maximum Gasteiger partial charge on any atom is 0.290 e. The van der Waals surface area contributed by atoms with E-state index in [1.165, 1.54) is 0 Å². The Morgan fingerprint density at radius 3 is 3.04 bits per heavy atom. The smallest absolute Gasteiger partial charge is 0.290 e. The van der Waals surface area contributed by atoms with Gasteiger partial charge in [-0.2, -0.15) is 0 Å². The minimum absolute atomic E-state index is 0.261. The van der Waals surface area contributed by atoms with Crippen molar-refractivity contribution >= 4 is 5.91 Å². The molecule has 1 amide bonds. The summed E-state index contributed by atoms with van der Waals surface area (Å²) in [6.07, 6.45) is 5.72. The summed E-state index contributed by atoms with van der Waals surface area (Å²) in [5.74, 6) is 0.0608. The molecule has 4 rings (SSSR count). The molecule has 26 heavy (non-hydrogen) atoms. The molecule has 1 saturated heterocycles. The molecule has 2 aliphatic rings. The van der Waals surface area contributed by atoms with Crippen molar-refractivity contribution in [2.45, 2.75) is 50.8 Å². The molecule has 3 heterocycles. The first-order chi connectivity index (χ1) is 12.7. The summed E-state index contributed by atoms with van der Waals surface area (Å²) in [6.45, 7) is 2.01. The van der Waals surface area contributed by atoms with Crippen LogP contribution in [0.3, 0.4) is 0 Å². The van der Waals surface area contributed by atoms with E-state index in [0.717, 1.165) is 49.2 Å². The third-order valence-corrected chi connectivity index (χ3v) is 5.26. The van der Waals surface area contributed by atoms with Crippen LogP contribution in [0.15, 0.2) is 28.9 Å². The molecule has 2 N–H and O–H groups in total. The number of aryl methyl sites for hydroxylation is 1. The van der Waals surface area contributed by atoms with E-state index in [1.54, 1.807) is 6.20 Å². The molecule has 0 saturated carbocycles. The lowest BCUT2D eigenvalue weighted by molar-refractivity contribution is 0.0337. The van der Waals surface area contributed by atoms with Gasteiger partial charge in [-0.3, -0.25) is 14.7 Å². The standard InChI is InChI=1S/C19H24N4O3/c24-17-12-23(11-13-5-3-4-9-20-13)10-8-16(17)21-19(25)18-14-6-1-2-7-15(14)22-26-18/h3-5,9,16-17,24H,1-2,6-8,10-12H2,(H,21,25). The Balaban J connectivity index is 1.35. The van der Waals surface area contributed by atoms with Crippen LogP contribution in [0.1, 0.15) is 46.8 Å². The molecule has 138 valence electrons. The summed E-state index contributed by atoms with van der Waals surface area (Å²) >= 11 is 0. The van der Waals surface area contributed by atoms with Crippen LogP contribution < -0.4 is 5.32 Å². The van der Waals surface area contributed by atoms with Crippen molar-refractivity contribution in [3.63, 3.8) is 0 Å². The van der Waals surface area contributed by atoms with Crippen LogP contribution in [-0.4, -0.2) is 51.3 Å². The minimum Gasteiger partial charge on any atom is -0.390 e. The molecule has 0 aromatic carbocycles. The Kier molecular flexibility index (Phi) is 4.99. The Morgan fingerprint density at radius 1 is 1.35 bits per heavy atom. The zero-order valence-electron chi connectivity index (χ0n) is 14.7. The second-order valence-corrected chi connectivity index (χ2v) is 7.14. The van der Waals surface area contributed by atoms with Crippen LogP contribution >= 0.6 is 0 Å². The van der Waals surface area contributed by atoms with Gasteiger partial charge in [0.1, 0.15) is 0 Å². The van der Waals surface area contributed by atoms with Gasteiger partial charge in [-0.05, 0) is 44.2 Å². The molecule has 7 nitrogen and oxygen atoms in total. The predicted molar refractivity (Wildman–Crippen MR) is 94.5 cm³/mol. The summed E-state index contributed by atoms with van der Waals surface area (Å²) in [4.78, 5) is 19.1. The molecule has 2 aromatic heterocycles. The van der Waals surface area contributed by atoms with Crippen LogP contribution in [0.5, 0.6) is 0 Å². The molecular weight excluding hydrogens is 332 g/mol. The van der Waals surface area contributed by atoms with Gasteiger partial charge in [0.05, 0.1) is 23.5 Å². The lowest BCUT2D eigenvalue weighted by Crippen LogP contribution is -2.53. The number of rotatable bonds is 4. The van der Waals surface area contributed by atoms with Crippen molar-refractivity contribution in [2.24, 2.45) is 0 Å². The van der Waals surface area contributed by atoms with E-state index >= 15 is 0 Å². The summed E-state index contributed by atoms with van der Waals surface area (Å²) in [7, 11) is 0. The minimum atomic E-state index is -0.616. The number of β-amino-alcohol motifs (C(OH)–C–C–N with tert-alkyl or cyclic N) is 1. The van der Waals surface area contributed by atoms with E-state index < -0.39 is 6.10 Å². The van der Waals surface area contributed by atoms with Gasteiger partial charge < -0.3 is 14.9 Å². The first-order valence-corrected chi connectivity index (χ1v) is 9.29. The second-order valence-electron chi connectivity index (χ2n) is 7.14. The Labute approximate surface area is 152 Å². The van der Waals surface area contributed by atoms with Crippen molar-refractivity contribution < 1.29 is 14.4 Å². The Morgan fingerprint density at radius 2 is 2.23 bits per heavy atom. The second kappa shape index (κ2) is 7.55. The van der Waals surface area contributed by atoms with Crippen LogP contribution in [0, 0.1) is 0 Å². The van der Waals surface area contributed by atoms with E-state index in [0.29, 0.717) is 25.3 Å². The largest absolute Gasteiger partial charge is 0.390 e. The zero-order chi connectivity index (χ0) is 17.9. The SMILES string of the molecule is O=C(NC1CCN(Cc2ccccn2)CC1O)c1onc2c1CCCC2. The van der Waals surface area contributed by atoms with Gasteiger partial charge in [0.15, 0.2) is 0 Å². The van der Waals surface area contributed by atoms with Crippen LogP contribution in [0.25, 0.3) is 0 Å². The normalized spacial score (nSPS) is 23.4. The summed E-state index contributed by atoms with van der Waals surface area (Å²) in [5, 5.41) is 17.5. The van der Waals surface area contributed by atoms with Crippen molar-refractivity contribution in [3.05, 3.63) is 47.1 Å². The topological polar surface area (TPSA) is 91.5 Å². The molecule has 0 bridgehead atoms. The van der Waals surface area contributed by atoms with Gasteiger partial charge in [-0.25, -0.2) is 0 Å². The fourth-order valence-corrected chi connectivity index (χ4v) is 3.83. The number of pyridine rings is 1. The lowest BCUT2D eigenvalue weighted by atomic mass is 9.95. The number of nitrogens with zero attached hydrogens (tertiary/aromatic N) is 3. The first kappa shape index (κ1) is 17.2. The van der Waals surface area contributed by atoms with Gasteiger partial charge in [0, 0.05) is 31.4 Å². The fraction of sp³-hybridized carbons (Fsp3) is 0.526. The van der Waals surface area contributed by atoms with Crippen molar-refractivity contribution in [1.82, 2.24) is 20.4 Å². The third kappa shape index (κ3) is 3.64. The van der Waals surface area contributed by atoms with Crippen molar-refractivity contribution in [1.29, 1.82) is 0 Å². The Bertz CT molecular complexity index is 761. The summed E-state index contributed by atoms with van der Waals surface area (Å²) in [6, 6.07) is 5.56. The zero-order valence-corrected chi connectivity index (χ0v) is 14.7. The highest BCUT2D eigenvalue weighted by Crippen LogP contribution is 2.24. The number of hydrogen-bond acceptors (Lipinski definition) is 6.